The van der Waals surface area contributed by atoms with Gasteiger partial charge in [-0.1, -0.05) is 0 Å². The van der Waals surface area contributed by atoms with Crippen LogP contribution in [0.15, 0.2) is 24.3 Å². The van der Waals surface area contributed by atoms with Crippen molar-refractivity contribution in [1.29, 1.82) is 5.26 Å². The Kier molecular flexibility index (Phi) is 4.29. The van der Waals surface area contributed by atoms with Crippen LogP contribution in [0.25, 0.3) is 11.3 Å². The third kappa shape index (κ3) is 2.61. The highest BCUT2D eigenvalue weighted by atomic mass is 16.5. The van der Waals surface area contributed by atoms with Crippen LogP contribution >= 0.6 is 0 Å². The van der Waals surface area contributed by atoms with E-state index in [1.165, 1.54) is 0 Å². The summed E-state index contributed by atoms with van der Waals surface area (Å²) < 4.78 is 16.1. The van der Waals surface area contributed by atoms with Gasteiger partial charge >= 0.3 is 0 Å². The average molecular weight is 284 g/mol. The minimum Gasteiger partial charge on any atom is -0.493 e. The highest BCUT2D eigenvalue weighted by Crippen LogP contribution is 2.43. The van der Waals surface area contributed by atoms with Crippen LogP contribution in [0.4, 0.5) is 0 Å². The van der Waals surface area contributed by atoms with Crippen molar-refractivity contribution in [2.75, 3.05) is 21.3 Å². The number of rotatable bonds is 4. The van der Waals surface area contributed by atoms with E-state index in [9.17, 15) is 0 Å². The summed E-state index contributed by atoms with van der Waals surface area (Å²) in [6.07, 6.45) is 0. The molecule has 0 fully saturated rings. The Hall–Kier alpha value is -2.74. The van der Waals surface area contributed by atoms with Crippen LogP contribution in [0.5, 0.6) is 17.2 Å². The van der Waals surface area contributed by atoms with Gasteiger partial charge in [-0.15, -0.1) is 0 Å². The van der Waals surface area contributed by atoms with Crippen molar-refractivity contribution >= 4 is 0 Å². The largest absolute Gasteiger partial charge is 0.493 e. The first-order valence-electron chi connectivity index (χ1n) is 6.33. The molecular weight excluding hydrogens is 268 g/mol. The number of hydrogen-bond acceptors (Lipinski definition) is 5. The molecule has 5 nitrogen and oxygen atoms in total. The summed E-state index contributed by atoms with van der Waals surface area (Å²) in [6, 6.07) is 9.29. The standard InChI is InChI=1S/C16H16N2O3/c1-10-11(9-17)5-7-13(18-10)12-6-8-14(19-2)16(21-4)15(12)20-3/h5-8H,1-4H3. The first-order chi connectivity index (χ1) is 10.2. The molecule has 1 heterocycles. The molecule has 0 N–H and O–H groups in total. The van der Waals surface area contributed by atoms with Crippen LogP contribution in [0, 0.1) is 18.3 Å². The molecule has 5 heteroatoms. The summed E-state index contributed by atoms with van der Waals surface area (Å²) in [6.45, 7) is 1.80. The molecule has 0 saturated heterocycles. The van der Waals surface area contributed by atoms with Crippen molar-refractivity contribution in [2.24, 2.45) is 0 Å². The molecule has 2 rings (SSSR count). The van der Waals surface area contributed by atoms with E-state index < -0.39 is 0 Å². The van der Waals surface area contributed by atoms with Crippen molar-refractivity contribution in [3.05, 3.63) is 35.5 Å². The average Bonchev–Trinajstić information content (AvgIpc) is 2.52. The minimum atomic E-state index is 0.515. The highest BCUT2D eigenvalue weighted by Gasteiger charge is 2.18. The zero-order chi connectivity index (χ0) is 15.4. The number of methoxy groups -OCH3 is 3. The van der Waals surface area contributed by atoms with Crippen LogP contribution in [0.3, 0.4) is 0 Å². The zero-order valence-electron chi connectivity index (χ0n) is 12.4. The van der Waals surface area contributed by atoms with Crippen LogP contribution in [0.2, 0.25) is 0 Å². The summed E-state index contributed by atoms with van der Waals surface area (Å²) in [5.41, 5.74) is 2.72. The molecule has 2 aromatic rings. The summed E-state index contributed by atoms with van der Waals surface area (Å²) in [5, 5.41) is 8.98. The van der Waals surface area contributed by atoms with Crippen LogP contribution in [-0.4, -0.2) is 26.3 Å². The monoisotopic (exact) mass is 284 g/mol. The van der Waals surface area contributed by atoms with E-state index in [1.807, 2.05) is 6.07 Å². The third-order valence-corrected chi connectivity index (χ3v) is 3.19. The van der Waals surface area contributed by atoms with E-state index in [4.69, 9.17) is 19.5 Å². The number of ether oxygens (including phenoxy) is 3. The number of pyridine rings is 1. The molecule has 0 spiro atoms. The third-order valence-electron chi connectivity index (χ3n) is 3.19. The fraction of sp³-hybridized carbons (Fsp3) is 0.250. The van der Waals surface area contributed by atoms with Gasteiger partial charge in [-0.25, -0.2) is 0 Å². The summed E-state index contributed by atoms with van der Waals surface area (Å²) in [4.78, 5) is 4.45. The molecular formula is C16H16N2O3. The van der Waals surface area contributed by atoms with Crippen molar-refractivity contribution in [1.82, 2.24) is 4.98 Å². The van der Waals surface area contributed by atoms with E-state index in [0.717, 1.165) is 5.56 Å². The van der Waals surface area contributed by atoms with Gasteiger partial charge in [0.25, 0.3) is 0 Å². The van der Waals surface area contributed by atoms with Gasteiger partial charge in [-0.2, -0.15) is 5.26 Å². The van der Waals surface area contributed by atoms with Gasteiger partial charge in [0.2, 0.25) is 5.75 Å². The van der Waals surface area contributed by atoms with Crippen LogP contribution in [0.1, 0.15) is 11.3 Å². The van der Waals surface area contributed by atoms with E-state index in [2.05, 4.69) is 11.1 Å². The normalized spacial score (nSPS) is 9.86. The van der Waals surface area contributed by atoms with Gasteiger partial charge in [0, 0.05) is 5.56 Å². The topological polar surface area (TPSA) is 64.4 Å². The van der Waals surface area contributed by atoms with Gasteiger partial charge in [-0.05, 0) is 31.2 Å². The lowest BCUT2D eigenvalue weighted by atomic mass is 10.1. The molecule has 0 aliphatic carbocycles. The van der Waals surface area contributed by atoms with Gasteiger partial charge < -0.3 is 14.2 Å². The maximum absolute atomic E-state index is 8.98. The van der Waals surface area contributed by atoms with E-state index in [0.29, 0.717) is 34.2 Å². The lowest BCUT2D eigenvalue weighted by Crippen LogP contribution is -1.98. The number of hydrogen-bond donors (Lipinski definition) is 0. The number of benzene rings is 1. The molecule has 0 unspecified atom stereocenters. The smallest absolute Gasteiger partial charge is 0.203 e. The molecule has 0 bridgehead atoms. The SMILES string of the molecule is COc1ccc(-c2ccc(C#N)c(C)n2)c(OC)c1OC. The van der Waals surface area contributed by atoms with Crippen LogP contribution in [-0.2, 0) is 0 Å². The lowest BCUT2D eigenvalue weighted by molar-refractivity contribution is 0.325. The fourth-order valence-electron chi connectivity index (χ4n) is 2.13. The lowest BCUT2D eigenvalue weighted by Gasteiger charge is -2.15. The number of aryl methyl sites for hydroxylation is 1. The van der Waals surface area contributed by atoms with Gasteiger partial charge in [0.1, 0.15) is 6.07 Å². The molecule has 0 saturated carbocycles. The number of nitrogens with zero attached hydrogens (tertiary/aromatic N) is 2. The van der Waals surface area contributed by atoms with Crippen molar-refractivity contribution in [2.45, 2.75) is 6.92 Å². The Morgan fingerprint density at radius 2 is 1.67 bits per heavy atom. The predicted molar refractivity (Wildman–Crippen MR) is 78.8 cm³/mol. The first-order valence-corrected chi connectivity index (χ1v) is 6.33. The molecule has 0 aliphatic rings. The molecule has 1 aromatic heterocycles. The fourth-order valence-corrected chi connectivity index (χ4v) is 2.13. The minimum absolute atomic E-state index is 0.515. The first kappa shape index (κ1) is 14.7. The van der Waals surface area contributed by atoms with Gasteiger partial charge in [0.05, 0.1) is 38.3 Å². The Labute approximate surface area is 123 Å². The Morgan fingerprint density at radius 1 is 0.952 bits per heavy atom. The summed E-state index contributed by atoms with van der Waals surface area (Å²) >= 11 is 0. The van der Waals surface area contributed by atoms with Crippen molar-refractivity contribution < 1.29 is 14.2 Å². The Bertz CT molecular complexity index is 705. The number of nitriles is 1. The Morgan fingerprint density at radius 3 is 2.19 bits per heavy atom. The van der Waals surface area contributed by atoms with E-state index >= 15 is 0 Å². The molecule has 108 valence electrons. The second-order valence-electron chi connectivity index (χ2n) is 4.32. The molecule has 0 amide bonds. The Balaban J connectivity index is 2.64. The molecule has 0 aliphatic heterocycles. The van der Waals surface area contributed by atoms with Gasteiger partial charge in [-0.3, -0.25) is 4.98 Å². The quantitative estimate of drug-likeness (QED) is 0.863. The second kappa shape index (κ2) is 6.14. The maximum Gasteiger partial charge on any atom is 0.203 e. The number of aromatic nitrogens is 1. The van der Waals surface area contributed by atoms with E-state index in [1.54, 1.807) is 46.5 Å². The predicted octanol–water partition coefficient (Wildman–Crippen LogP) is 2.95. The van der Waals surface area contributed by atoms with Gasteiger partial charge in [0.15, 0.2) is 11.5 Å². The van der Waals surface area contributed by atoms with E-state index in [-0.39, 0.29) is 0 Å². The molecule has 0 radical (unpaired) electrons. The molecule has 0 atom stereocenters. The summed E-state index contributed by atoms with van der Waals surface area (Å²) in [7, 11) is 4.69. The van der Waals surface area contributed by atoms with Crippen LogP contribution < -0.4 is 14.2 Å². The molecule has 21 heavy (non-hydrogen) atoms. The summed E-state index contributed by atoms with van der Waals surface area (Å²) in [5.74, 6) is 1.65. The molecule has 1 aromatic carbocycles. The maximum atomic E-state index is 8.98. The van der Waals surface area contributed by atoms with Crippen molar-refractivity contribution in [3.8, 4) is 34.6 Å². The highest BCUT2D eigenvalue weighted by molar-refractivity contribution is 5.74. The second-order valence-corrected chi connectivity index (χ2v) is 4.32. The zero-order valence-corrected chi connectivity index (χ0v) is 12.4. The van der Waals surface area contributed by atoms with Crippen molar-refractivity contribution in [3.63, 3.8) is 0 Å².